The van der Waals surface area contributed by atoms with Crippen LogP contribution in [0.1, 0.15) is 33.0 Å². The number of hydrogen-bond acceptors (Lipinski definition) is 5. The van der Waals surface area contributed by atoms with Crippen molar-refractivity contribution in [2.75, 3.05) is 0 Å². The van der Waals surface area contributed by atoms with Crippen molar-refractivity contribution in [1.29, 1.82) is 0 Å². The van der Waals surface area contributed by atoms with E-state index in [0.717, 1.165) is 28.4 Å². The number of carbonyl (C=O) groups is 1. The Labute approximate surface area is 180 Å². The number of hydrogen-bond donors (Lipinski definition) is 1. The SMILES string of the molecule is Cc1cc(C)n(-c2ccc(C(=O)NCc3cccc(OCc4ccccn4)c3)cn2)n1. The third kappa shape index (κ3) is 5.14. The first-order chi connectivity index (χ1) is 15.1. The van der Waals surface area contributed by atoms with Gasteiger partial charge in [-0.15, -0.1) is 0 Å². The summed E-state index contributed by atoms with van der Waals surface area (Å²) in [5.41, 5.74) is 4.21. The first kappa shape index (κ1) is 20.3. The lowest BCUT2D eigenvalue weighted by Crippen LogP contribution is -2.23. The standard InChI is InChI=1S/C24H23N5O2/c1-17-12-18(2)29(28-17)23-10-9-20(15-26-23)24(30)27-14-19-6-5-8-22(13-19)31-16-21-7-3-4-11-25-21/h3-13,15H,14,16H2,1-2H3,(H,27,30). The maximum atomic E-state index is 12.5. The number of pyridine rings is 2. The van der Waals surface area contributed by atoms with Gasteiger partial charge in [0.1, 0.15) is 12.4 Å². The van der Waals surface area contributed by atoms with Gasteiger partial charge < -0.3 is 10.1 Å². The Kier molecular flexibility index (Phi) is 6.03. The smallest absolute Gasteiger partial charge is 0.253 e. The molecule has 0 saturated carbocycles. The van der Waals surface area contributed by atoms with E-state index in [0.29, 0.717) is 24.5 Å². The molecule has 3 aromatic heterocycles. The Morgan fingerprint density at radius 1 is 1.03 bits per heavy atom. The molecule has 31 heavy (non-hydrogen) atoms. The molecule has 4 aromatic rings. The molecule has 0 fully saturated rings. The van der Waals surface area contributed by atoms with E-state index in [1.807, 2.05) is 62.4 Å². The third-order valence-corrected chi connectivity index (χ3v) is 4.70. The number of aryl methyl sites for hydroxylation is 2. The molecule has 0 saturated heterocycles. The summed E-state index contributed by atoms with van der Waals surface area (Å²) in [5, 5.41) is 7.33. The second kappa shape index (κ2) is 9.21. The average molecular weight is 413 g/mol. The normalized spacial score (nSPS) is 10.6. The van der Waals surface area contributed by atoms with Crippen LogP contribution in [0.3, 0.4) is 0 Å². The molecule has 0 radical (unpaired) electrons. The molecule has 156 valence electrons. The summed E-state index contributed by atoms with van der Waals surface area (Å²) in [6.07, 6.45) is 3.30. The average Bonchev–Trinajstić information content (AvgIpc) is 3.15. The molecule has 3 heterocycles. The van der Waals surface area contributed by atoms with Gasteiger partial charge in [0.15, 0.2) is 5.82 Å². The number of rotatable bonds is 7. The number of nitrogens with zero attached hydrogens (tertiary/aromatic N) is 4. The van der Waals surface area contributed by atoms with Gasteiger partial charge in [-0.1, -0.05) is 18.2 Å². The Morgan fingerprint density at radius 3 is 2.65 bits per heavy atom. The zero-order chi connectivity index (χ0) is 21.6. The summed E-state index contributed by atoms with van der Waals surface area (Å²) in [4.78, 5) is 21.1. The van der Waals surface area contributed by atoms with E-state index >= 15 is 0 Å². The highest BCUT2D eigenvalue weighted by molar-refractivity contribution is 5.93. The van der Waals surface area contributed by atoms with E-state index in [1.54, 1.807) is 29.2 Å². The summed E-state index contributed by atoms with van der Waals surface area (Å²) in [5.74, 6) is 1.22. The first-order valence-electron chi connectivity index (χ1n) is 9.98. The molecule has 1 N–H and O–H groups in total. The first-order valence-corrected chi connectivity index (χ1v) is 9.98. The van der Waals surface area contributed by atoms with Gasteiger partial charge in [-0.05, 0) is 61.9 Å². The Morgan fingerprint density at radius 2 is 1.94 bits per heavy atom. The van der Waals surface area contributed by atoms with Crippen molar-refractivity contribution < 1.29 is 9.53 Å². The summed E-state index contributed by atoms with van der Waals surface area (Å²) < 4.78 is 7.55. The fourth-order valence-corrected chi connectivity index (χ4v) is 3.18. The second-order valence-corrected chi connectivity index (χ2v) is 7.18. The van der Waals surface area contributed by atoms with E-state index < -0.39 is 0 Å². The van der Waals surface area contributed by atoms with Crippen LogP contribution in [0.2, 0.25) is 0 Å². The Balaban J connectivity index is 1.34. The topological polar surface area (TPSA) is 81.9 Å². The lowest BCUT2D eigenvalue weighted by molar-refractivity contribution is 0.0950. The number of carbonyl (C=O) groups excluding carboxylic acids is 1. The van der Waals surface area contributed by atoms with Gasteiger partial charge in [0.25, 0.3) is 5.91 Å². The largest absolute Gasteiger partial charge is 0.487 e. The van der Waals surface area contributed by atoms with Crippen molar-refractivity contribution >= 4 is 5.91 Å². The van der Waals surface area contributed by atoms with Crippen molar-refractivity contribution in [3.8, 4) is 11.6 Å². The predicted octanol–water partition coefficient (Wildman–Crippen LogP) is 3.79. The number of nitrogens with one attached hydrogen (secondary N) is 1. The van der Waals surface area contributed by atoms with Crippen LogP contribution in [-0.4, -0.2) is 25.7 Å². The van der Waals surface area contributed by atoms with E-state index in [1.165, 1.54) is 0 Å². The van der Waals surface area contributed by atoms with Crippen LogP contribution < -0.4 is 10.1 Å². The van der Waals surface area contributed by atoms with Crippen LogP contribution in [0.15, 0.2) is 73.1 Å². The second-order valence-electron chi connectivity index (χ2n) is 7.18. The van der Waals surface area contributed by atoms with E-state index in [2.05, 4.69) is 20.4 Å². The molecule has 0 aliphatic rings. The highest BCUT2D eigenvalue weighted by Crippen LogP contribution is 2.15. The maximum Gasteiger partial charge on any atom is 0.253 e. The van der Waals surface area contributed by atoms with Crippen LogP contribution >= 0.6 is 0 Å². The fraction of sp³-hybridized carbons (Fsp3) is 0.167. The van der Waals surface area contributed by atoms with Crippen LogP contribution in [0.25, 0.3) is 5.82 Å². The van der Waals surface area contributed by atoms with Crippen molar-refractivity contribution in [2.24, 2.45) is 0 Å². The van der Waals surface area contributed by atoms with Crippen molar-refractivity contribution in [1.82, 2.24) is 25.1 Å². The number of benzene rings is 1. The van der Waals surface area contributed by atoms with E-state index in [-0.39, 0.29) is 5.91 Å². The molecule has 4 rings (SSSR count). The Hall–Kier alpha value is -4.00. The van der Waals surface area contributed by atoms with Gasteiger partial charge in [0, 0.05) is 24.6 Å². The summed E-state index contributed by atoms with van der Waals surface area (Å²) in [6, 6.07) is 18.9. The van der Waals surface area contributed by atoms with Crippen LogP contribution in [0, 0.1) is 13.8 Å². The molecule has 0 spiro atoms. The molecular formula is C24H23N5O2. The van der Waals surface area contributed by atoms with Crippen molar-refractivity contribution in [2.45, 2.75) is 27.0 Å². The monoisotopic (exact) mass is 413 g/mol. The zero-order valence-corrected chi connectivity index (χ0v) is 17.4. The van der Waals surface area contributed by atoms with Gasteiger partial charge >= 0.3 is 0 Å². The molecule has 0 unspecified atom stereocenters. The van der Waals surface area contributed by atoms with Crippen molar-refractivity contribution in [3.63, 3.8) is 0 Å². The lowest BCUT2D eigenvalue weighted by atomic mass is 10.2. The van der Waals surface area contributed by atoms with E-state index in [4.69, 9.17) is 4.74 Å². The summed E-state index contributed by atoms with van der Waals surface area (Å²) in [7, 11) is 0. The molecule has 1 aromatic carbocycles. The molecule has 0 aliphatic heterocycles. The molecule has 0 atom stereocenters. The van der Waals surface area contributed by atoms with Crippen LogP contribution in [0.4, 0.5) is 0 Å². The van der Waals surface area contributed by atoms with Gasteiger partial charge in [-0.3, -0.25) is 9.78 Å². The third-order valence-electron chi connectivity index (χ3n) is 4.70. The van der Waals surface area contributed by atoms with Gasteiger partial charge in [0.2, 0.25) is 0 Å². The highest BCUT2D eigenvalue weighted by Gasteiger charge is 2.09. The number of ether oxygens (including phenoxy) is 1. The Bertz CT molecular complexity index is 1170. The minimum atomic E-state index is -0.188. The maximum absolute atomic E-state index is 12.5. The quantitative estimate of drug-likeness (QED) is 0.499. The summed E-state index contributed by atoms with van der Waals surface area (Å²) >= 11 is 0. The minimum Gasteiger partial charge on any atom is -0.487 e. The van der Waals surface area contributed by atoms with Crippen LogP contribution in [-0.2, 0) is 13.2 Å². The molecule has 1 amide bonds. The van der Waals surface area contributed by atoms with E-state index in [9.17, 15) is 4.79 Å². The summed E-state index contributed by atoms with van der Waals surface area (Å²) in [6.45, 7) is 4.68. The lowest BCUT2D eigenvalue weighted by Gasteiger charge is -2.09. The number of amides is 1. The molecule has 0 aliphatic carbocycles. The molecule has 7 nitrogen and oxygen atoms in total. The van der Waals surface area contributed by atoms with Crippen LogP contribution in [0.5, 0.6) is 5.75 Å². The minimum absolute atomic E-state index is 0.188. The molecular weight excluding hydrogens is 390 g/mol. The van der Waals surface area contributed by atoms with Gasteiger partial charge in [-0.25, -0.2) is 9.67 Å². The van der Waals surface area contributed by atoms with Gasteiger partial charge in [-0.2, -0.15) is 5.10 Å². The predicted molar refractivity (Wildman–Crippen MR) is 117 cm³/mol. The fourth-order valence-electron chi connectivity index (χ4n) is 3.18. The van der Waals surface area contributed by atoms with Gasteiger partial charge in [0.05, 0.1) is 17.0 Å². The highest BCUT2D eigenvalue weighted by atomic mass is 16.5. The zero-order valence-electron chi connectivity index (χ0n) is 17.4. The van der Waals surface area contributed by atoms with Crippen molar-refractivity contribution in [3.05, 3.63) is 101 Å². The molecule has 0 bridgehead atoms. The number of aromatic nitrogens is 4. The molecule has 7 heteroatoms.